The number of ketones is 2. The molecule has 0 atom stereocenters. The molecule has 0 bridgehead atoms. The van der Waals surface area contributed by atoms with E-state index < -0.39 is 0 Å². The molecule has 3 nitrogen and oxygen atoms in total. The van der Waals surface area contributed by atoms with Crippen LogP contribution in [-0.2, 0) is 11.2 Å². The fourth-order valence-electron chi connectivity index (χ4n) is 2.28. The largest absolute Gasteiger partial charge is 0.497 e. The minimum atomic E-state index is 0.0650. The van der Waals surface area contributed by atoms with Gasteiger partial charge in [-0.1, -0.05) is 30.3 Å². The number of hydrogen-bond donors (Lipinski definition) is 0. The summed E-state index contributed by atoms with van der Waals surface area (Å²) < 4.78 is 5.06. The number of carbonyl (C=O) groups is 2. The van der Waals surface area contributed by atoms with Crippen LogP contribution in [0.25, 0.3) is 0 Å². The summed E-state index contributed by atoms with van der Waals surface area (Å²) >= 11 is 0. The first-order chi connectivity index (χ1) is 10.7. The average Bonchev–Trinajstić information content (AvgIpc) is 2.55. The highest BCUT2D eigenvalue weighted by atomic mass is 16.5. The molecule has 0 aromatic heterocycles. The molecule has 0 fully saturated rings. The Morgan fingerprint density at radius 2 is 1.59 bits per heavy atom. The summed E-state index contributed by atoms with van der Waals surface area (Å²) in [6.45, 7) is 0. The highest BCUT2D eigenvalue weighted by Crippen LogP contribution is 2.14. The molecule has 0 spiro atoms. The van der Waals surface area contributed by atoms with Crippen molar-refractivity contribution in [3.05, 3.63) is 65.7 Å². The number of hydrogen-bond acceptors (Lipinski definition) is 3. The fraction of sp³-hybridized carbons (Fsp3) is 0.263. The molecule has 0 saturated carbocycles. The Balaban J connectivity index is 1.75. The predicted octanol–water partition coefficient (Wildman–Crippen LogP) is 3.86. The Kier molecular flexibility index (Phi) is 5.90. The lowest BCUT2D eigenvalue weighted by Gasteiger charge is -2.04. The van der Waals surface area contributed by atoms with E-state index in [0.717, 1.165) is 11.3 Å². The maximum atomic E-state index is 12.0. The van der Waals surface area contributed by atoms with E-state index in [9.17, 15) is 9.59 Å². The molecule has 0 unspecified atom stereocenters. The number of benzene rings is 2. The molecule has 0 saturated heterocycles. The summed E-state index contributed by atoms with van der Waals surface area (Å²) in [4.78, 5) is 23.9. The van der Waals surface area contributed by atoms with Crippen molar-refractivity contribution in [2.45, 2.75) is 25.7 Å². The van der Waals surface area contributed by atoms with Gasteiger partial charge in [0, 0.05) is 24.8 Å². The molecule has 2 aromatic rings. The van der Waals surface area contributed by atoms with Crippen LogP contribution >= 0.6 is 0 Å². The third-order valence-electron chi connectivity index (χ3n) is 3.52. The number of Topliss-reactive ketones (excluding diaryl/α,β-unsaturated/α-hetero) is 2. The number of rotatable bonds is 8. The molecule has 22 heavy (non-hydrogen) atoms. The molecule has 3 heteroatoms. The molecule has 0 aliphatic carbocycles. The van der Waals surface area contributed by atoms with E-state index in [2.05, 4.69) is 0 Å². The van der Waals surface area contributed by atoms with E-state index in [1.54, 1.807) is 31.4 Å². The molecule has 2 aromatic carbocycles. The molecule has 0 N–H and O–H groups in total. The standard InChI is InChI=1S/C19H20O3/c1-22-18-12-10-16(11-13-18)19(21)9-5-8-17(20)14-15-6-3-2-4-7-15/h2-4,6-7,10-13H,5,8-9,14H2,1H3. The van der Waals surface area contributed by atoms with Crippen molar-refractivity contribution in [3.63, 3.8) is 0 Å². The molecular formula is C19H20O3. The third-order valence-corrected chi connectivity index (χ3v) is 3.52. The van der Waals surface area contributed by atoms with Gasteiger partial charge in [-0.2, -0.15) is 0 Å². The number of methoxy groups -OCH3 is 1. The quantitative estimate of drug-likeness (QED) is 0.695. The van der Waals surface area contributed by atoms with Crippen molar-refractivity contribution in [1.29, 1.82) is 0 Å². The van der Waals surface area contributed by atoms with Crippen LogP contribution in [0, 0.1) is 0 Å². The van der Waals surface area contributed by atoms with Crippen LogP contribution in [0.5, 0.6) is 5.75 Å². The second-order valence-electron chi connectivity index (χ2n) is 5.21. The fourth-order valence-corrected chi connectivity index (χ4v) is 2.28. The summed E-state index contributed by atoms with van der Waals surface area (Å²) in [7, 11) is 1.59. The molecule has 0 aliphatic heterocycles. The number of ether oxygens (including phenoxy) is 1. The zero-order valence-corrected chi connectivity index (χ0v) is 12.7. The second kappa shape index (κ2) is 8.13. The van der Waals surface area contributed by atoms with Gasteiger partial charge in [-0.15, -0.1) is 0 Å². The summed E-state index contributed by atoms with van der Waals surface area (Å²) in [5.41, 5.74) is 1.69. The molecule has 0 heterocycles. The zero-order valence-electron chi connectivity index (χ0n) is 12.7. The summed E-state index contributed by atoms with van der Waals surface area (Å²) in [5, 5.41) is 0. The van der Waals surface area contributed by atoms with E-state index >= 15 is 0 Å². The first kappa shape index (κ1) is 16.0. The van der Waals surface area contributed by atoms with Gasteiger partial charge in [0.05, 0.1) is 7.11 Å². The van der Waals surface area contributed by atoms with E-state index in [1.165, 1.54) is 0 Å². The van der Waals surface area contributed by atoms with Crippen LogP contribution in [0.3, 0.4) is 0 Å². The van der Waals surface area contributed by atoms with Crippen molar-refractivity contribution in [3.8, 4) is 5.75 Å². The lowest BCUT2D eigenvalue weighted by atomic mass is 10.0. The highest BCUT2D eigenvalue weighted by Gasteiger charge is 2.08. The topological polar surface area (TPSA) is 43.4 Å². The van der Waals surface area contributed by atoms with Crippen molar-refractivity contribution >= 4 is 11.6 Å². The highest BCUT2D eigenvalue weighted by molar-refractivity contribution is 5.96. The Hall–Kier alpha value is -2.42. The van der Waals surface area contributed by atoms with Crippen LogP contribution in [0.15, 0.2) is 54.6 Å². The summed E-state index contributed by atoms with van der Waals surface area (Å²) in [6, 6.07) is 16.7. The molecule has 0 amide bonds. The van der Waals surface area contributed by atoms with Crippen molar-refractivity contribution < 1.29 is 14.3 Å². The van der Waals surface area contributed by atoms with Gasteiger partial charge < -0.3 is 4.74 Å². The minimum absolute atomic E-state index is 0.0650. The van der Waals surface area contributed by atoms with Gasteiger partial charge in [0.2, 0.25) is 0 Å². The molecule has 114 valence electrons. The first-order valence-electron chi connectivity index (χ1n) is 7.42. The zero-order chi connectivity index (χ0) is 15.8. The monoisotopic (exact) mass is 296 g/mol. The SMILES string of the molecule is COc1ccc(C(=O)CCCC(=O)Cc2ccccc2)cc1. The smallest absolute Gasteiger partial charge is 0.162 e. The maximum Gasteiger partial charge on any atom is 0.162 e. The molecule has 0 aliphatic rings. The van der Waals surface area contributed by atoms with E-state index in [1.807, 2.05) is 30.3 Å². The van der Waals surface area contributed by atoms with Crippen LogP contribution < -0.4 is 4.74 Å². The Morgan fingerprint density at radius 1 is 0.909 bits per heavy atom. The second-order valence-corrected chi connectivity index (χ2v) is 5.21. The molecule has 0 radical (unpaired) electrons. The lowest BCUT2D eigenvalue weighted by molar-refractivity contribution is -0.118. The van der Waals surface area contributed by atoms with Gasteiger partial charge in [0.15, 0.2) is 5.78 Å². The van der Waals surface area contributed by atoms with Gasteiger partial charge in [0.1, 0.15) is 11.5 Å². The van der Waals surface area contributed by atoms with E-state index in [4.69, 9.17) is 4.74 Å². The Labute approximate surface area is 130 Å². The average molecular weight is 296 g/mol. The van der Waals surface area contributed by atoms with Crippen LogP contribution in [0.2, 0.25) is 0 Å². The van der Waals surface area contributed by atoms with Gasteiger partial charge in [0.25, 0.3) is 0 Å². The van der Waals surface area contributed by atoms with Crippen LogP contribution in [-0.4, -0.2) is 18.7 Å². The first-order valence-corrected chi connectivity index (χ1v) is 7.42. The van der Waals surface area contributed by atoms with Gasteiger partial charge >= 0.3 is 0 Å². The van der Waals surface area contributed by atoms with Crippen molar-refractivity contribution in [2.24, 2.45) is 0 Å². The predicted molar refractivity (Wildman–Crippen MR) is 86.3 cm³/mol. The summed E-state index contributed by atoms with van der Waals surface area (Å²) in [5.74, 6) is 0.971. The van der Waals surface area contributed by atoms with Gasteiger partial charge in [-0.25, -0.2) is 0 Å². The van der Waals surface area contributed by atoms with E-state index in [-0.39, 0.29) is 11.6 Å². The Morgan fingerprint density at radius 3 is 2.23 bits per heavy atom. The maximum absolute atomic E-state index is 12.0. The van der Waals surface area contributed by atoms with Gasteiger partial charge in [-0.3, -0.25) is 9.59 Å². The van der Waals surface area contributed by atoms with Crippen LogP contribution in [0.4, 0.5) is 0 Å². The Bertz CT molecular complexity index is 615. The minimum Gasteiger partial charge on any atom is -0.497 e. The molecule has 2 rings (SSSR count). The van der Waals surface area contributed by atoms with Gasteiger partial charge in [-0.05, 0) is 36.2 Å². The molecular weight excluding hydrogens is 276 g/mol. The summed E-state index contributed by atoms with van der Waals surface area (Å²) in [6.07, 6.45) is 1.87. The van der Waals surface area contributed by atoms with Crippen molar-refractivity contribution in [2.75, 3.05) is 7.11 Å². The third kappa shape index (κ3) is 4.85. The number of carbonyl (C=O) groups excluding carboxylic acids is 2. The normalized spacial score (nSPS) is 10.2. The van der Waals surface area contributed by atoms with Crippen LogP contribution in [0.1, 0.15) is 35.2 Å². The van der Waals surface area contributed by atoms with Crippen molar-refractivity contribution in [1.82, 2.24) is 0 Å². The van der Waals surface area contributed by atoms with E-state index in [0.29, 0.717) is 31.2 Å². The lowest BCUT2D eigenvalue weighted by Crippen LogP contribution is -2.05.